The van der Waals surface area contributed by atoms with Gasteiger partial charge in [0, 0.05) is 5.41 Å². The van der Waals surface area contributed by atoms with Gasteiger partial charge in [0.05, 0.1) is 6.54 Å². The molecule has 1 aromatic rings. The zero-order valence-corrected chi connectivity index (χ0v) is 12.4. The molecule has 1 aliphatic heterocycles. The molecular weight excluding hydrogens is 240 g/mol. The maximum Gasteiger partial charge on any atom is 0.232 e. The highest BCUT2D eigenvalue weighted by Crippen LogP contribution is 2.22. The molecule has 0 bridgehead atoms. The van der Waals surface area contributed by atoms with Crippen LogP contribution in [0, 0.1) is 5.92 Å². The van der Waals surface area contributed by atoms with Crippen LogP contribution in [0.15, 0.2) is 4.52 Å². The van der Waals surface area contributed by atoms with E-state index in [1.165, 1.54) is 12.8 Å². The van der Waals surface area contributed by atoms with E-state index < -0.39 is 0 Å². The molecule has 0 aliphatic carbocycles. The Morgan fingerprint density at radius 3 is 2.53 bits per heavy atom. The van der Waals surface area contributed by atoms with Crippen LogP contribution in [0.2, 0.25) is 0 Å². The van der Waals surface area contributed by atoms with Crippen LogP contribution in [-0.2, 0) is 12.0 Å². The summed E-state index contributed by atoms with van der Waals surface area (Å²) < 4.78 is 5.33. The van der Waals surface area contributed by atoms with E-state index in [2.05, 4.69) is 35.8 Å². The van der Waals surface area contributed by atoms with Gasteiger partial charge in [0.1, 0.15) is 0 Å². The molecule has 108 valence electrons. The van der Waals surface area contributed by atoms with Crippen molar-refractivity contribution in [1.82, 2.24) is 15.0 Å². The highest BCUT2D eigenvalue weighted by atomic mass is 16.5. The molecule has 1 aliphatic rings. The lowest BCUT2D eigenvalue weighted by molar-refractivity contribution is 0.168. The summed E-state index contributed by atoms with van der Waals surface area (Å²) in [6, 6.07) is 0. The average Bonchev–Trinajstić information content (AvgIpc) is 2.80. The second-order valence-corrected chi connectivity index (χ2v) is 6.56. The van der Waals surface area contributed by atoms with Gasteiger partial charge in [-0.05, 0) is 44.8 Å². The van der Waals surface area contributed by atoms with Crippen LogP contribution in [0.1, 0.15) is 51.7 Å². The van der Waals surface area contributed by atoms with Crippen molar-refractivity contribution >= 4 is 0 Å². The van der Waals surface area contributed by atoms with Crippen LogP contribution in [0.3, 0.4) is 0 Å². The van der Waals surface area contributed by atoms with E-state index in [0.717, 1.165) is 50.2 Å². The normalized spacial score (nSPS) is 18.9. The minimum absolute atomic E-state index is 0.0701. The topological polar surface area (TPSA) is 68.2 Å². The maximum absolute atomic E-state index is 5.62. The first-order valence-corrected chi connectivity index (χ1v) is 7.24. The first-order chi connectivity index (χ1) is 8.99. The van der Waals surface area contributed by atoms with Gasteiger partial charge in [-0.15, -0.1) is 0 Å². The Morgan fingerprint density at radius 1 is 1.32 bits per heavy atom. The molecule has 1 fully saturated rings. The van der Waals surface area contributed by atoms with Crippen molar-refractivity contribution in [3.05, 3.63) is 11.7 Å². The molecule has 0 amide bonds. The fraction of sp³-hybridized carbons (Fsp3) is 0.857. The molecule has 0 radical (unpaired) electrons. The first-order valence-electron chi connectivity index (χ1n) is 7.24. The van der Waals surface area contributed by atoms with Gasteiger partial charge in [0.25, 0.3) is 0 Å². The van der Waals surface area contributed by atoms with E-state index in [4.69, 9.17) is 10.3 Å². The SMILES string of the molecule is CC(C)(C)c1nc(CN2CCC(CCN)CC2)no1. The number of nitrogens with zero attached hydrogens (tertiary/aromatic N) is 3. The van der Waals surface area contributed by atoms with Crippen LogP contribution >= 0.6 is 0 Å². The summed E-state index contributed by atoms with van der Waals surface area (Å²) in [5, 5.41) is 4.08. The summed E-state index contributed by atoms with van der Waals surface area (Å²) in [5.41, 5.74) is 5.54. The van der Waals surface area contributed by atoms with Crippen LogP contribution in [0.25, 0.3) is 0 Å². The van der Waals surface area contributed by atoms with E-state index in [9.17, 15) is 0 Å². The first kappa shape index (κ1) is 14.5. The fourth-order valence-corrected chi connectivity index (χ4v) is 2.49. The van der Waals surface area contributed by atoms with E-state index in [1.807, 2.05) is 0 Å². The summed E-state index contributed by atoms with van der Waals surface area (Å²) in [6.07, 6.45) is 3.63. The predicted octanol–water partition coefficient (Wildman–Crippen LogP) is 1.93. The number of hydrogen-bond acceptors (Lipinski definition) is 5. The van der Waals surface area contributed by atoms with Crippen molar-refractivity contribution in [2.24, 2.45) is 11.7 Å². The molecule has 0 aromatic carbocycles. The van der Waals surface area contributed by atoms with Crippen LogP contribution in [0.4, 0.5) is 0 Å². The van der Waals surface area contributed by atoms with Crippen LogP contribution in [-0.4, -0.2) is 34.7 Å². The average molecular weight is 266 g/mol. The predicted molar refractivity (Wildman–Crippen MR) is 74.7 cm³/mol. The van der Waals surface area contributed by atoms with Gasteiger partial charge in [0.15, 0.2) is 5.82 Å². The molecule has 2 heterocycles. The second-order valence-electron chi connectivity index (χ2n) is 6.56. The van der Waals surface area contributed by atoms with Gasteiger partial charge in [-0.25, -0.2) is 0 Å². The van der Waals surface area contributed by atoms with Gasteiger partial charge in [-0.2, -0.15) is 4.98 Å². The van der Waals surface area contributed by atoms with Gasteiger partial charge >= 0.3 is 0 Å². The molecule has 2 rings (SSSR count). The maximum atomic E-state index is 5.62. The Morgan fingerprint density at radius 2 is 2.00 bits per heavy atom. The lowest BCUT2D eigenvalue weighted by Crippen LogP contribution is -2.34. The summed E-state index contributed by atoms with van der Waals surface area (Å²) in [5.74, 6) is 2.33. The number of likely N-dealkylation sites (tertiary alicyclic amines) is 1. The molecule has 5 nitrogen and oxygen atoms in total. The molecular formula is C14H26N4O. The minimum atomic E-state index is -0.0701. The highest BCUT2D eigenvalue weighted by Gasteiger charge is 2.24. The smallest absolute Gasteiger partial charge is 0.232 e. The molecule has 5 heteroatoms. The number of aromatic nitrogens is 2. The van der Waals surface area contributed by atoms with E-state index >= 15 is 0 Å². The lowest BCUT2D eigenvalue weighted by Gasteiger charge is -2.30. The standard InChI is InChI=1S/C14H26N4O/c1-14(2,3)13-16-12(17-19-13)10-18-8-5-11(4-7-15)6-9-18/h11H,4-10,15H2,1-3H3. The highest BCUT2D eigenvalue weighted by molar-refractivity contribution is 4.98. The summed E-state index contributed by atoms with van der Waals surface area (Å²) >= 11 is 0. The quantitative estimate of drug-likeness (QED) is 0.902. The van der Waals surface area contributed by atoms with E-state index in [-0.39, 0.29) is 5.41 Å². The molecule has 2 N–H and O–H groups in total. The lowest BCUT2D eigenvalue weighted by atomic mass is 9.94. The second kappa shape index (κ2) is 6.01. The molecule has 0 atom stereocenters. The molecule has 1 saturated heterocycles. The summed E-state index contributed by atoms with van der Waals surface area (Å²) in [7, 11) is 0. The number of hydrogen-bond donors (Lipinski definition) is 1. The van der Waals surface area contributed by atoms with Crippen LogP contribution < -0.4 is 5.73 Å². The van der Waals surface area contributed by atoms with Gasteiger partial charge in [-0.3, -0.25) is 4.90 Å². The monoisotopic (exact) mass is 266 g/mol. The largest absolute Gasteiger partial charge is 0.339 e. The Kier molecular flexibility index (Phi) is 4.58. The third kappa shape index (κ3) is 4.01. The van der Waals surface area contributed by atoms with Crippen molar-refractivity contribution in [3.8, 4) is 0 Å². The molecule has 0 unspecified atom stereocenters. The molecule has 0 spiro atoms. The zero-order valence-electron chi connectivity index (χ0n) is 12.4. The van der Waals surface area contributed by atoms with E-state index in [1.54, 1.807) is 0 Å². The third-order valence-electron chi connectivity index (χ3n) is 3.76. The number of rotatable bonds is 4. The Labute approximate surface area is 115 Å². The Bertz CT molecular complexity index is 388. The van der Waals surface area contributed by atoms with Crippen LogP contribution in [0.5, 0.6) is 0 Å². The Balaban J connectivity index is 1.84. The van der Waals surface area contributed by atoms with E-state index in [0.29, 0.717) is 0 Å². The minimum Gasteiger partial charge on any atom is -0.339 e. The number of piperidine rings is 1. The number of nitrogens with two attached hydrogens (primary N) is 1. The Hall–Kier alpha value is -0.940. The van der Waals surface area contributed by atoms with Gasteiger partial charge in [0.2, 0.25) is 5.89 Å². The molecule has 19 heavy (non-hydrogen) atoms. The summed E-state index contributed by atoms with van der Waals surface area (Å²) in [6.45, 7) is 10.1. The summed E-state index contributed by atoms with van der Waals surface area (Å²) in [4.78, 5) is 6.90. The molecule has 0 saturated carbocycles. The van der Waals surface area contributed by atoms with Crippen molar-refractivity contribution in [2.75, 3.05) is 19.6 Å². The van der Waals surface area contributed by atoms with Crippen molar-refractivity contribution in [1.29, 1.82) is 0 Å². The van der Waals surface area contributed by atoms with Gasteiger partial charge < -0.3 is 10.3 Å². The van der Waals surface area contributed by atoms with Crippen molar-refractivity contribution in [3.63, 3.8) is 0 Å². The van der Waals surface area contributed by atoms with Crippen molar-refractivity contribution in [2.45, 2.75) is 52.0 Å². The van der Waals surface area contributed by atoms with Crippen molar-refractivity contribution < 1.29 is 4.52 Å². The molecule has 1 aromatic heterocycles. The zero-order chi connectivity index (χ0) is 13.9. The fourth-order valence-electron chi connectivity index (χ4n) is 2.49. The van der Waals surface area contributed by atoms with Gasteiger partial charge in [-0.1, -0.05) is 25.9 Å². The third-order valence-corrected chi connectivity index (χ3v) is 3.76.